The topological polar surface area (TPSA) is 90.9 Å². The Morgan fingerprint density at radius 2 is 2.29 bits per heavy atom. The Morgan fingerprint density at radius 1 is 1.43 bits per heavy atom. The van der Waals surface area contributed by atoms with Gasteiger partial charge in [-0.3, -0.25) is 4.79 Å². The molecule has 3 rings (SSSR count). The lowest BCUT2D eigenvalue weighted by Gasteiger charge is -2.28. The molecule has 0 aromatic carbocycles. The fourth-order valence-electron chi connectivity index (χ4n) is 2.58. The standard InChI is InChI=1S/C13H18N4O3S/c18-13(15-11-2-1-5-14-8-11)10-3-4-12-16-21(19,20)7-6-17(12)9-10/h3-4,9,11,14H,1-2,5-8H2,(H,15,18). The summed E-state index contributed by atoms with van der Waals surface area (Å²) in [6, 6.07) is 0.150. The average Bonchev–Trinajstić information content (AvgIpc) is 2.47. The Balaban J connectivity index is 1.69. The number of amides is 1. The predicted molar refractivity (Wildman–Crippen MR) is 79.2 cm³/mol. The van der Waals surface area contributed by atoms with E-state index >= 15 is 0 Å². The third kappa shape index (κ3) is 3.33. The van der Waals surface area contributed by atoms with E-state index in [4.69, 9.17) is 0 Å². The van der Waals surface area contributed by atoms with Crippen molar-refractivity contribution in [3.05, 3.63) is 23.9 Å². The van der Waals surface area contributed by atoms with Crippen LogP contribution in [0.2, 0.25) is 0 Å². The van der Waals surface area contributed by atoms with Gasteiger partial charge < -0.3 is 15.5 Å². The van der Waals surface area contributed by atoms with Crippen molar-refractivity contribution in [2.24, 2.45) is 4.40 Å². The number of carbonyl (C=O) groups is 1. The molecule has 0 aromatic rings. The molecule has 21 heavy (non-hydrogen) atoms. The summed E-state index contributed by atoms with van der Waals surface area (Å²) in [5.74, 6) is 0.215. The highest BCUT2D eigenvalue weighted by Crippen LogP contribution is 2.16. The zero-order chi connectivity index (χ0) is 14.9. The fraction of sp³-hybridized carbons (Fsp3) is 0.538. The summed E-state index contributed by atoms with van der Waals surface area (Å²) in [6.45, 7) is 2.11. The normalized spacial score (nSPS) is 27.4. The van der Waals surface area contributed by atoms with Crippen LogP contribution in [0.4, 0.5) is 0 Å². The van der Waals surface area contributed by atoms with E-state index in [9.17, 15) is 13.2 Å². The first kappa shape index (κ1) is 14.3. The van der Waals surface area contributed by atoms with E-state index in [-0.39, 0.29) is 17.7 Å². The van der Waals surface area contributed by atoms with Gasteiger partial charge in [0.25, 0.3) is 15.9 Å². The second kappa shape index (κ2) is 5.61. The number of hydrogen-bond acceptors (Lipinski definition) is 5. The highest BCUT2D eigenvalue weighted by atomic mass is 32.2. The summed E-state index contributed by atoms with van der Waals surface area (Å²) < 4.78 is 26.5. The lowest BCUT2D eigenvalue weighted by Crippen LogP contribution is -2.46. The Bertz CT molecular complexity index is 630. The monoisotopic (exact) mass is 310 g/mol. The molecule has 1 atom stereocenters. The Morgan fingerprint density at radius 3 is 3.05 bits per heavy atom. The molecular weight excluding hydrogens is 292 g/mol. The molecule has 2 N–H and O–H groups in total. The summed E-state index contributed by atoms with van der Waals surface area (Å²) in [4.78, 5) is 13.9. The van der Waals surface area contributed by atoms with Gasteiger partial charge in [0.2, 0.25) is 0 Å². The number of carbonyl (C=O) groups excluding carboxylic acids is 1. The quantitative estimate of drug-likeness (QED) is 0.707. The van der Waals surface area contributed by atoms with Crippen LogP contribution in [-0.4, -0.2) is 56.5 Å². The van der Waals surface area contributed by atoms with Gasteiger partial charge in [0.1, 0.15) is 5.84 Å². The number of rotatable bonds is 2. The molecule has 0 saturated carbocycles. The number of piperidine rings is 1. The highest BCUT2D eigenvalue weighted by molar-refractivity contribution is 7.90. The zero-order valence-electron chi connectivity index (χ0n) is 11.6. The first-order valence-electron chi connectivity index (χ1n) is 7.04. The van der Waals surface area contributed by atoms with Crippen molar-refractivity contribution >= 4 is 21.8 Å². The maximum absolute atomic E-state index is 12.2. The molecule has 1 amide bonds. The summed E-state index contributed by atoms with van der Waals surface area (Å²) in [5, 5.41) is 6.24. The molecule has 0 aliphatic carbocycles. The largest absolute Gasteiger partial charge is 0.348 e. The maximum atomic E-state index is 12.2. The Kier molecular flexibility index (Phi) is 3.81. The van der Waals surface area contributed by atoms with Crippen LogP contribution in [-0.2, 0) is 14.8 Å². The second-order valence-corrected chi connectivity index (χ2v) is 7.12. The van der Waals surface area contributed by atoms with E-state index in [0.717, 1.165) is 25.9 Å². The molecule has 1 saturated heterocycles. The molecule has 0 bridgehead atoms. The molecule has 7 nitrogen and oxygen atoms in total. The van der Waals surface area contributed by atoms with Crippen molar-refractivity contribution < 1.29 is 13.2 Å². The SMILES string of the molecule is O=C(NC1CCCNC1)C1=CN2CCS(=O)(=O)N=C2C=C1. The summed E-state index contributed by atoms with van der Waals surface area (Å²) in [6.07, 6.45) is 6.89. The summed E-state index contributed by atoms with van der Waals surface area (Å²) in [7, 11) is -3.36. The molecule has 3 aliphatic heterocycles. The van der Waals surface area contributed by atoms with Gasteiger partial charge in [0, 0.05) is 25.3 Å². The van der Waals surface area contributed by atoms with Gasteiger partial charge in [-0.2, -0.15) is 0 Å². The average molecular weight is 310 g/mol. The number of amidine groups is 1. The molecule has 3 aliphatic rings. The van der Waals surface area contributed by atoms with Crippen LogP contribution in [0.3, 0.4) is 0 Å². The molecule has 0 aromatic heterocycles. The number of nitrogens with zero attached hydrogens (tertiary/aromatic N) is 2. The minimum atomic E-state index is -3.36. The molecule has 8 heteroatoms. The van der Waals surface area contributed by atoms with Crippen molar-refractivity contribution in [2.75, 3.05) is 25.4 Å². The van der Waals surface area contributed by atoms with Crippen LogP contribution in [0.5, 0.6) is 0 Å². The third-order valence-electron chi connectivity index (χ3n) is 3.72. The first-order valence-corrected chi connectivity index (χ1v) is 8.65. The zero-order valence-corrected chi connectivity index (χ0v) is 12.4. The van der Waals surface area contributed by atoms with Gasteiger partial charge in [-0.15, -0.1) is 4.40 Å². The third-order valence-corrected chi connectivity index (χ3v) is 4.88. The van der Waals surface area contributed by atoms with Crippen LogP contribution in [0.15, 0.2) is 28.3 Å². The van der Waals surface area contributed by atoms with Crippen molar-refractivity contribution in [1.82, 2.24) is 15.5 Å². The van der Waals surface area contributed by atoms with Crippen LogP contribution in [0.25, 0.3) is 0 Å². The Labute approximate surface area is 123 Å². The van der Waals surface area contributed by atoms with Gasteiger partial charge in [-0.1, -0.05) is 0 Å². The summed E-state index contributed by atoms with van der Waals surface area (Å²) >= 11 is 0. The number of fused-ring (bicyclic) bond motifs is 1. The van der Waals surface area contributed by atoms with Crippen LogP contribution >= 0.6 is 0 Å². The first-order chi connectivity index (χ1) is 10.0. The van der Waals surface area contributed by atoms with Gasteiger partial charge in [-0.05, 0) is 31.5 Å². The number of sulfonamides is 1. The smallest absolute Gasteiger partial charge is 0.256 e. The minimum absolute atomic E-state index is 0.0255. The minimum Gasteiger partial charge on any atom is -0.348 e. The molecular formula is C13H18N4O3S. The van der Waals surface area contributed by atoms with Gasteiger partial charge in [-0.25, -0.2) is 8.42 Å². The van der Waals surface area contributed by atoms with E-state index in [1.807, 2.05) is 0 Å². The molecule has 114 valence electrons. The van der Waals surface area contributed by atoms with Gasteiger partial charge in [0.05, 0.1) is 11.3 Å². The van der Waals surface area contributed by atoms with Crippen LogP contribution < -0.4 is 10.6 Å². The van der Waals surface area contributed by atoms with Crippen LogP contribution in [0, 0.1) is 0 Å². The number of nitrogens with one attached hydrogen (secondary N) is 2. The lowest BCUT2D eigenvalue weighted by molar-refractivity contribution is -0.118. The van der Waals surface area contributed by atoms with E-state index in [1.165, 1.54) is 0 Å². The van der Waals surface area contributed by atoms with E-state index < -0.39 is 10.0 Å². The van der Waals surface area contributed by atoms with Crippen LogP contribution in [0.1, 0.15) is 12.8 Å². The maximum Gasteiger partial charge on any atom is 0.256 e. The highest BCUT2D eigenvalue weighted by Gasteiger charge is 2.25. The molecule has 1 unspecified atom stereocenters. The predicted octanol–water partition coefficient (Wildman–Crippen LogP) is -0.648. The van der Waals surface area contributed by atoms with Crippen molar-refractivity contribution in [3.63, 3.8) is 0 Å². The van der Waals surface area contributed by atoms with E-state index in [1.54, 1.807) is 23.3 Å². The Hall–Kier alpha value is -1.67. The van der Waals surface area contributed by atoms with E-state index in [0.29, 0.717) is 18.0 Å². The number of hydrogen-bond donors (Lipinski definition) is 2. The molecule has 0 radical (unpaired) electrons. The molecule has 0 spiro atoms. The van der Waals surface area contributed by atoms with Crippen molar-refractivity contribution in [3.8, 4) is 0 Å². The van der Waals surface area contributed by atoms with Crippen molar-refractivity contribution in [2.45, 2.75) is 18.9 Å². The summed E-state index contributed by atoms with van der Waals surface area (Å²) in [5.41, 5.74) is 0.527. The molecule has 3 heterocycles. The second-order valence-electron chi connectivity index (χ2n) is 5.36. The van der Waals surface area contributed by atoms with Gasteiger partial charge >= 0.3 is 0 Å². The molecule has 1 fully saturated rings. The van der Waals surface area contributed by atoms with Crippen molar-refractivity contribution in [1.29, 1.82) is 0 Å². The fourth-order valence-corrected chi connectivity index (χ4v) is 3.55. The lowest BCUT2D eigenvalue weighted by atomic mass is 10.1. The van der Waals surface area contributed by atoms with Gasteiger partial charge in [0.15, 0.2) is 0 Å². The van der Waals surface area contributed by atoms with E-state index in [2.05, 4.69) is 15.0 Å².